The van der Waals surface area contributed by atoms with E-state index < -0.39 is 10.0 Å². The second-order valence-corrected chi connectivity index (χ2v) is 12.1. The zero-order valence-electron chi connectivity index (χ0n) is 21.2. The summed E-state index contributed by atoms with van der Waals surface area (Å²) in [6, 6.07) is 18.2. The van der Waals surface area contributed by atoms with Gasteiger partial charge in [0.25, 0.3) is 0 Å². The first-order valence-corrected chi connectivity index (χ1v) is 14.0. The lowest BCUT2D eigenvalue weighted by Gasteiger charge is -2.18. The Balaban J connectivity index is 1.53. The second kappa shape index (κ2) is 11.0. The van der Waals surface area contributed by atoms with E-state index in [1.165, 1.54) is 0 Å². The van der Waals surface area contributed by atoms with Crippen LogP contribution < -0.4 is 14.8 Å². The molecular weight excluding hydrogens is 554 g/mol. The molecule has 8 nitrogen and oxygen atoms in total. The zero-order chi connectivity index (χ0) is 26.6. The summed E-state index contributed by atoms with van der Waals surface area (Å²) in [6.45, 7) is 6.90. The van der Waals surface area contributed by atoms with Gasteiger partial charge in [-0.15, -0.1) is 0 Å². The van der Waals surface area contributed by atoms with Gasteiger partial charge in [-0.05, 0) is 74.9 Å². The van der Waals surface area contributed by atoms with Crippen LogP contribution in [0.5, 0.6) is 5.75 Å². The van der Waals surface area contributed by atoms with Gasteiger partial charge in [-0.1, -0.05) is 28.1 Å². The summed E-state index contributed by atoms with van der Waals surface area (Å²) in [4.78, 5) is 4.63. The third-order valence-electron chi connectivity index (χ3n) is 5.66. The van der Waals surface area contributed by atoms with Gasteiger partial charge in [0.05, 0.1) is 17.5 Å². The highest BCUT2D eigenvalue weighted by molar-refractivity contribution is 9.10. The van der Waals surface area contributed by atoms with Gasteiger partial charge in [-0.3, -0.25) is 4.68 Å². The molecule has 0 saturated heterocycles. The Labute approximate surface area is 226 Å². The summed E-state index contributed by atoms with van der Waals surface area (Å²) in [6.07, 6.45) is 3.77. The molecule has 2 heterocycles. The Kier molecular flexibility index (Phi) is 8.01. The van der Waals surface area contributed by atoms with Gasteiger partial charge in [0.2, 0.25) is 10.0 Å². The molecule has 0 amide bonds. The van der Waals surface area contributed by atoms with Crippen molar-refractivity contribution in [1.29, 1.82) is 0 Å². The van der Waals surface area contributed by atoms with Crippen LogP contribution in [0.3, 0.4) is 0 Å². The second-order valence-electron chi connectivity index (χ2n) is 9.45. The molecule has 0 fully saturated rings. The first-order valence-electron chi connectivity index (χ1n) is 11.8. The number of rotatable bonds is 9. The van der Waals surface area contributed by atoms with Gasteiger partial charge in [0.15, 0.2) is 0 Å². The molecule has 0 aliphatic heterocycles. The average molecular weight is 585 g/mol. The minimum atomic E-state index is -3.59. The normalized spacial score (nSPS) is 11.9. The summed E-state index contributed by atoms with van der Waals surface area (Å²) in [5.74, 6) is 1.40. The van der Waals surface area contributed by atoms with E-state index in [-0.39, 0.29) is 17.0 Å². The molecule has 194 valence electrons. The topological polar surface area (TPSA) is 98.1 Å². The van der Waals surface area contributed by atoms with Crippen molar-refractivity contribution in [3.05, 3.63) is 77.5 Å². The number of hydrogen-bond acceptors (Lipinski definition) is 6. The lowest BCUT2D eigenvalue weighted by molar-refractivity contribution is 0.356. The Morgan fingerprint density at radius 3 is 2.46 bits per heavy atom. The molecule has 0 aliphatic rings. The summed E-state index contributed by atoms with van der Waals surface area (Å²) < 4.78 is 35.8. The molecule has 37 heavy (non-hydrogen) atoms. The number of ether oxygens (including phenoxy) is 1. The van der Waals surface area contributed by atoms with E-state index in [1.54, 1.807) is 37.6 Å². The van der Waals surface area contributed by atoms with E-state index in [0.717, 1.165) is 32.6 Å². The summed E-state index contributed by atoms with van der Waals surface area (Å²) in [5.41, 5.74) is 3.50. The fourth-order valence-electron chi connectivity index (χ4n) is 3.68. The van der Waals surface area contributed by atoms with Crippen LogP contribution in [0.2, 0.25) is 0 Å². The number of hydrogen-bond donors (Lipinski definition) is 2. The fraction of sp³-hybridized carbons (Fsp3) is 0.259. The van der Waals surface area contributed by atoms with E-state index in [1.807, 2.05) is 47.3 Å². The Bertz CT molecular complexity index is 1480. The highest BCUT2D eigenvalue weighted by atomic mass is 79.9. The quantitative estimate of drug-likeness (QED) is 0.251. The first kappa shape index (κ1) is 26.8. The Morgan fingerprint density at radius 2 is 1.76 bits per heavy atom. The maximum atomic E-state index is 12.5. The van der Waals surface area contributed by atoms with E-state index in [2.05, 4.69) is 51.7 Å². The van der Waals surface area contributed by atoms with Gasteiger partial charge in [-0.25, -0.2) is 18.1 Å². The smallest absolute Gasteiger partial charge is 0.240 e. The summed E-state index contributed by atoms with van der Waals surface area (Å²) in [5, 5.41) is 8.12. The number of pyridine rings is 1. The molecule has 10 heteroatoms. The highest BCUT2D eigenvalue weighted by Gasteiger charge is 2.21. The van der Waals surface area contributed by atoms with Crippen molar-refractivity contribution in [3.63, 3.8) is 0 Å². The van der Waals surface area contributed by atoms with Crippen molar-refractivity contribution in [2.45, 2.75) is 31.2 Å². The van der Waals surface area contributed by atoms with Gasteiger partial charge in [-0.2, -0.15) is 5.10 Å². The van der Waals surface area contributed by atoms with Crippen LogP contribution in [-0.4, -0.2) is 43.4 Å². The largest absolute Gasteiger partial charge is 0.497 e. The minimum absolute atomic E-state index is 0.202. The van der Waals surface area contributed by atoms with Gasteiger partial charge in [0.1, 0.15) is 17.3 Å². The van der Waals surface area contributed by atoms with Crippen molar-refractivity contribution >= 4 is 31.8 Å². The van der Waals surface area contributed by atoms with Crippen molar-refractivity contribution < 1.29 is 13.2 Å². The minimum Gasteiger partial charge on any atom is -0.497 e. The highest BCUT2D eigenvalue weighted by Crippen LogP contribution is 2.34. The molecule has 0 spiro atoms. The number of nitrogens with one attached hydrogen (secondary N) is 2. The molecule has 2 aromatic carbocycles. The number of benzene rings is 2. The van der Waals surface area contributed by atoms with Crippen molar-refractivity contribution in [3.8, 4) is 28.1 Å². The zero-order valence-corrected chi connectivity index (χ0v) is 23.6. The van der Waals surface area contributed by atoms with E-state index >= 15 is 0 Å². The monoisotopic (exact) mass is 583 g/mol. The Morgan fingerprint density at radius 1 is 1.00 bits per heavy atom. The van der Waals surface area contributed by atoms with E-state index in [4.69, 9.17) is 9.84 Å². The number of halogens is 1. The van der Waals surface area contributed by atoms with Gasteiger partial charge >= 0.3 is 0 Å². The summed E-state index contributed by atoms with van der Waals surface area (Å²) >= 11 is 3.32. The first-order chi connectivity index (χ1) is 17.6. The van der Waals surface area contributed by atoms with E-state index in [0.29, 0.717) is 12.4 Å². The SMILES string of the molecule is COc1cccc(-c2nn(C(C)(C)C)cc2-c2ccnc(NCCNS(=O)(=O)c3ccc(Br)cc3)c2)c1. The number of nitrogens with zero attached hydrogens (tertiary/aromatic N) is 3. The van der Waals surface area contributed by atoms with Crippen LogP contribution in [0.25, 0.3) is 22.4 Å². The molecule has 2 N–H and O–H groups in total. The van der Waals surface area contributed by atoms with Crippen molar-refractivity contribution in [2.75, 3.05) is 25.5 Å². The van der Waals surface area contributed by atoms with Gasteiger partial charge < -0.3 is 10.1 Å². The molecule has 4 rings (SSSR count). The lowest BCUT2D eigenvalue weighted by Crippen LogP contribution is -2.29. The number of sulfonamides is 1. The predicted molar refractivity (Wildman–Crippen MR) is 150 cm³/mol. The number of anilines is 1. The standard InChI is InChI=1S/C27H30BrN5O3S/c1-27(2,3)33-18-24(26(32-33)20-6-5-7-22(16-20)36-4)19-12-13-29-25(17-19)30-14-15-31-37(34,35)23-10-8-21(28)9-11-23/h5-13,16-18,31H,14-15H2,1-4H3,(H,29,30). The Hall–Kier alpha value is -3.21. The van der Waals surface area contributed by atoms with Crippen LogP contribution >= 0.6 is 15.9 Å². The molecule has 0 aliphatic carbocycles. The maximum absolute atomic E-state index is 12.5. The predicted octanol–water partition coefficient (Wildman–Crippen LogP) is 5.53. The maximum Gasteiger partial charge on any atom is 0.240 e. The average Bonchev–Trinajstić information content (AvgIpc) is 3.34. The van der Waals surface area contributed by atoms with E-state index in [9.17, 15) is 8.42 Å². The van der Waals surface area contributed by atoms with Crippen LogP contribution in [0.4, 0.5) is 5.82 Å². The number of methoxy groups -OCH3 is 1. The van der Waals surface area contributed by atoms with Crippen LogP contribution in [-0.2, 0) is 15.6 Å². The third-order valence-corrected chi connectivity index (χ3v) is 7.67. The molecular formula is C27H30BrN5O3S. The van der Waals surface area contributed by atoms with Crippen molar-refractivity contribution in [1.82, 2.24) is 19.5 Å². The molecule has 0 unspecified atom stereocenters. The van der Waals surface area contributed by atoms with Crippen LogP contribution in [0.1, 0.15) is 20.8 Å². The molecule has 4 aromatic rings. The lowest BCUT2D eigenvalue weighted by atomic mass is 10.0. The molecule has 2 aromatic heterocycles. The molecule has 0 saturated carbocycles. The van der Waals surface area contributed by atoms with Crippen LogP contribution in [0, 0.1) is 0 Å². The number of aromatic nitrogens is 3. The third kappa shape index (κ3) is 6.57. The molecule has 0 radical (unpaired) electrons. The van der Waals surface area contributed by atoms with Crippen molar-refractivity contribution in [2.24, 2.45) is 0 Å². The van der Waals surface area contributed by atoms with Gasteiger partial charge in [0, 0.05) is 41.1 Å². The molecule has 0 atom stereocenters. The molecule has 0 bridgehead atoms. The fourth-order valence-corrected chi connectivity index (χ4v) is 4.98. The summed E-state index contributed by atoms with van der Waals surface area (Å²) in [7, 11) is -1.94. The van der Waals surface area contributed by atoms with Crippen LogP contribution in [0.15, 0.2) is 82.4 Å².